The first kappa shape index (κ1) is 15.8. The Morgan fingerprint density at radius 2 is 2.24 bits per heavy atom. The van der Waals surface area contributed by atoms with E-state index in [4.69, 9.17) is 4.74 Å². The zero-order valence-electron chi connectivity index (χ0n) is 13.3. The summed E-state index contributed by atoms with van der Waals surface area (Å²) in [6, 6.07) is 6.19. The number of piperidine rings is 1. The van der Waals surface area contributed by atoms with Crippen LogP contribution in [0, 0.1) is 6.92 Å². The molecule has 2 rings (SSSR count). The van der Waals surface area contributed by atoms with Crippen molar-refractivity contribution in [3.8, 4) is 5.75 Å². The number of hydrogen-bond donors (Lipinski definition) is 1. The molecule has 1 heterocycles. The molecule has 1 amide bonds. The lowest BCUT2D eigenvalue weighted by atomic mass is 10.0. The van der Waals surface area contributed by atoms with Crippen LogP contribution in [-0.2, 0) is 0 Å². The maximum atomic E-state index is 12.4. The first-order valence-corrected chi connectivity index (χ1v) is 7.75. The summed E-state index contributed by atoms with van der Waals surface area (Å²) in [5, 5.41) is 3.52. The lowest BCUT2D eigenvalue weighted by Gasteiger charge is -2.26. The Hall–Kier alpha value is -1.55. The van der Waals surface area contributed by atoms with E-state index in [2.05, 4.69) is 5.32 Å². The van der Waals surface area contributed by atoms with Gasteiger partial charge in [0.1, 0.15) is 5.75 Å². The maximum Gasteiger partial charge on any atom is 0.253 e. The standard InChI is InChI=1S/C17H26N2O2/c1-13-7-8-14(12-16(13)21-3)17(20)19(2)11-9-15-6-4-5-10-18-15/h7-8,12,15,18H,4-6,9-11H2,1-3H3. The van der Waals surface area contributed by atoms with Crippen LogP contribution in [0.1, 0.15) is 41.6 Å². The second kappa shape index (κ2) is 7.46. The summed E-state index contributed by atoms with van der Waals surface area (Å²) >= 11 is 0. The first-order valence-electron chi connectivity index (χ1n) is 7.75. The van der Waals surface area contributed by atoms with Gasteiger partial charge in [-0.2, -0.15) is 0 Å². The highest BCUT2D eigenvalue weighted by Gasteiger charge is 2.17. The molecule has 1 saturated heterocycles. The van der Waals surface area contributed by atoms with Crippen molar-refractivity contribution in [1.29, 1.82) is 0 Å². The molecular formula is C17H26N2O2. The molecule has 0 spiro atoms. The molecule has 1 aromatic carbocycles. The average molecular weight is 290 g/mol. The Kier molecular flexibility index (Phi) is 5.62. The lowest BCUT2D eigenvalue weighted by Crippen LogP contribution is -2.38. The molecule has 116 valence electrons. The molecule has 0 aliphatic carbocycles. The highest BCUT2D eigenvalue weighted by molar-refractivity contribution is 5.94. The SMILES string of the molecule is COc1cc(C(=O)N(C)CCC2CCCCN2)ccc1C. The van der Waals surface area contributed by atoms with E-state index in [1.807, 2.05) is 32.2 Å². The number of hydrogen-bond acceptors (Lipinski definition) is 3. The maximum absolute atomic E-state index is 12.4. The Balaban J connectivity index is 1.92. The van der Waals surface area contributed by atoms with Crippen molar-refractivity contribution in [1.82, 2.24) is 10.2 Å². The predicted molar refractivity (Wildman–Crippen MR) is 85.0 cm³/mol. The zero-order valence-corrected chi connectivity index (χ0v) is 13.3. The van der Waals surface area contributed by atoms with Gasteiger partial charge in [0, 0.05) is 25.2 Å². The molecule has 0 radical (unpaired) electrons. The summed E-state index contributed by atoms with van der Waals surface area (Å²) in [6.07, 6.45) is 4.81. The predicted octanol–water partition coefficient (Wildman–Crippen LogP) is 2.61. The van der Waals surface area contributed by atoms with Crippen LogP contribution in [0.2, 0.25) is 0 Å². The largest absolute Gasteiger partial charge is 0.496 e. The third kappa shape index (κ3) is 4.21. The van der Waals surface area contributed by atoms with E-state index < -0.39 is 0 Å². The van der Waals surface area contributed by atoms with Crippen molar-refractivity contribution in [2.24, 2.45) is 0 Å². The third-order valence-corrected chi connectivity index (χ3v) is 4.23. The molecule has 21 heavy (non-hydrogen) atoms. The molecule has 1 aromatic rings. The second-order valence-corrected chi connectivity index (χ2v) is 5.85. The number of carbonyl (C=O) groups excluding carboxylic acids is 1. The van der Waals surface area contributed by atoms with E-state index in [0.717, 1.165) is 30.8 Å². The van der Waals surface area contributed by atoms with Crippen LogP contribution in [-0.4, -0.2) is 44.1 Å². The summed E-state index contributed by atoms with van der Waals surface area (Å²) in [6.45, 7) is 3.87. The molecule has 4 heteroatoms. The number of nitrogens with zero attached hydrogens (tertiary/aromatic N) is 1. The number of amides is 1. The van der Waals surface area contributed by atoms with Crippen LogP contribution in [0.3, 0.4) is 0 Å². The molecule has 1 fully saturated rings. The normalized spacial score (nSPS) is 18.3. The van der Waals surface area contributed by atoms with E-state index in [1.54, 1.807) is 12.0 Å². The molecule has 1 N–H and O–H groups in total. The molecule has 1 aliphatic heterocycles. The van der Waals surface area contributed by atoms with Gasteiger partial charge in [0.05, 0.1) is 7.11 Å². The second-order valence-electron chi connectivity index (χ2n) is 5.85. The van der Waals surface area contributed by atoms with E-state index in [-0.39, 0.29) is 5.91 Å². The van der Waals surface area contributed by atoms with Crippen LogP contribution < -0.4 is 10.1 Å². The molecule has 4 nitrogen and oxygen atoms in total. The first-order chi connectivity index (χ1) is 10.1. The topological polar surface area (TPSA) is 41.6 Å². The van der Waals surface area contributed by atoms with Crippen LogP contribution in [0.15, 0.2) is 18.2 Å². The van der Waals surface area contributed by atoms with Gasteiger partial charge in [-0.1, -0.05) is 12.5 Å². The number of benzene rings is 1. The molecule has 0 aromatic heterocycles. The summed E-state index contributed by atoms with van der Waals surface area (Å²) in [4.78, 5) is 14.3. The average Bonchev–Trinajstić information content (AvgIpc) is 2.53. The molecule has 0 bridgehead atoms. The van der Waals surface area contributed by atoms with Gasteiger partial charge in [0.2, 0.25) is 0 Å². The number of rotatable bonds is 5. The minimum absolute atomic E-state index is 0.0594. The minimum Gasteiger partial charge on any atom is -0.496 e. The summed E-state index contributed by atoms with van der Waals surface area (Å²) < 4.78 is 5.29. The van der Waals surface area contributed by atoms with E-state index >= 15 is 0 Å². The number of methoxy groups -OCH3 is 1. The minimum atomic E-state index is 0.0594. The number of carbonyl (C=O) groups is 1. The fraction of sp³-hybridized carbons (Fsp3) is 0.588. The highest BCUT2D eigenvalue weighted by Crippen LogP contribution is 2.20. The smallest absolute Gasteiger partial charge is 0.253 e. The van der Waals surface area contributed by atoms with Crippen LogP contribution in [0.5, 0.6) is 5.75 Å². The van der Waals surface area contributed by atoms with Crippen molar-refractivity contribution in [3.05, 3.63) is 29.3 Å². The van der Waals surface area contributed by atoms with Gasteiger partial charge in [-0.3, -0.25) is 4.79 Å². The molecule has 0 saturated carbocycles. The van der Waals surface area contributed by atoms with E-state index in [9.17, 15) is 4.79 Å². The van der Waals surface area contributed by atoms with Crippen LogP contribution in [0.25, 0.3) is 0 Å². The van der Waals surface area contributed by atoms with Crippen molar-refractivity contribution in [2.45, 2.75) is 38.6 Å². The van der Waals surface area contributed by atoms with E-state index in [0.29, 0.717) is 11.6 Å². The highest BCUT2D eigenvalue weighted by atomic mass is 16.5. The van der Waals surface area contributed by atoms with E-state index in [1.165, 1.54) is 19.3 Å². The Morgan fingerprint density at radius 3 is 2.90 bits per heavy atom. The molecule has 1 aliphatic rings. The molecular weight excluding hydrogens is 264 g/mol. The summed E-state index contributed by atoms with van der Waals surface area (Å²) in [7, 11) is 3.51. The lowest BCUT2D eigenvalue weighted by molar-refractivity contribution is 0.0787. The van der Waals surface area contributed by atoms with Crippen molar-refractivity contribution in [2.75, 3.05) is 27.2 Å². The van der Waals surface area contributed by atoms with Gasteiger partial charge in [0.15, 0.2) is 0 Å². The van der Waals surface area contributed by atoms with Gasteiger partial charge in [0.25, 0.3) is 5.91 Å². The quantitative estimate of drug-likeness (QED) is 0.906. The van der Waals surface area contributed by atoms with Crippen molar-refractivity contribution >= 4 is 5.91 Å². The zero-order chi connectivity index (χ0) is 15.2. The Bertz CT molecular complexity index is 482. The Labute approximate surface area is 127 Å². The number of nitrogens with one attached hydrogen (secondary N) is 1. The number of aryl methyl sites for hydroxylation is 1. The molecule has 1 unspecified atom stereocenters. The number of ether oxygens (including phenoxy) is 1. The molecule has 1 atom stereocenters. The Morgan fingerprint density at radius 1 is 1.43 bits per heavy atom. The summed E-state index contributed by atoms with van der Waals surface area (Å²) in [5.41, 5.74) is 1.74. The fourth-order valence-corrected chi connectivity index (χ4v) is 2.79. The van der Waals surface area contributed by atoms with Gasteiger partial charge >= 0.3 is 0 Å². The van der Waals surface area contributed by atoms with Gasteiger partial charge < -0.3 is 15.0 Å². The fourth-order valence-electron chi connectivity index (χ4n) is 2.79. The van der Waals surface area contributed by atoms with Gasteiger partial charge in [-0.25, -0.2) is 0 Å². The van der Waals surface area contributed by atoms with Crippen LogP contribution >= 0.6 is 0 Å². The van der Waals surface area contributed by atoms with Gasteiger partial charge in [-0.05, 0) is 50.4 Å². The van der Waals surface area contributed by atoms with Crippen LogP contribution in [0.4, 0.5) is 0 Å². The third-order valence-electron chi connectivity index (χ3n) is 4.23. The summed E-state index contributed by atoms with van der Waals surface area (Å²) in [5.74, 6) is 0.826. The van der Waals surface area contributed by atoms with Crippen molar-refractivity contribution in [3.63, 3.8) is 0 Å². The monoisotopic (exact) mass is 290 g/mol. The van der Waals surface area contributed by atoms with Crippen molar-refractivity contribution < 1.29 is 9.53 Å². The van der Waals surface area contributed by atoms with Gasteiger partial charge in [-0.15, -0.1) is 0 Å².